The Balaban J connectivity index is 3.54. The molecule has 0 aromatic rings. The number of hydrogen-bond acceptors (Lipinski definition) is 4. The lowest BCUT2D eigenvalue weighted by Crippen LogP contribution is -2.51. The first kappa shape index (κ1) is 22.4. The highest BCUT2D eigenvalue weighted by Crippen LogP contribution is 2.78. The van der Waals surface area contributed by atoms with Crippen molar-refractivity contribution in [3.8, 4) is 12.3 Å². The van der Waals surface area contributed by atoms with Crippen LogP contribution in [0.3, 0.4) is 0 Å². The lowest BCUT2D eigenvalue weighted by molar-refractivity contribution is -0.275. The monoisotopic (exact) mass is 422 g/mol. The lowest BCUT2D eigenvalue weighted by atomic mass is 10.6. The van der Waals surface area contributed by atoms with Gasteiger partial charge in [0.1, 0.15) is 0 Å². The smallest absolute Gasteiger partial charge is 0.337 e. The van der Waals surface area contributed by atoms with Gasteiger partial charge in [0.05, 0.1) is 6.54 Å². The molecular formula is C11H9F10N2O2P. The molecule has 1 heterocycles. The fraction of sp³-hybridized carbons (Fsp3) is 0.636. The fourth-order valence-corrected chi connectivity index (χ4v) is 3.54. The summed E-state index contributed by atoms with van der Waals surface area (Å²) in [6.45, 7) is -0.638. The topological polar surface area (TPSA) is 32.8 Å². The summed E-state index contributed by atoms with van der Waals surface area (Å²) in [6.07, 6.45) is -9.87. The van der Waals surface area contributed by atoms with Gasteiger partial charge in [0.2, 0.25) is 6.35 Å². The first-order valence-electron chi connectivity index (χ1n) is 6.21. The van der Waals surface area contributed by atoms with E-state index >= 15 is 0 Å². The van der Waals surface area contributed by atoms with Gasteiger partial charge in [-0.15, -0.1) is 6.42 Å². The Labute approximate surface area is 139 Å². The number of nitrogens with zero attached hydrogens (tertiary/aromatic N) is 2. The van der Waals surface area contributed by atoms with Gasteiger partial charge in [0.25, 0.3) is 0 Å². The number of rotatable bonds is 5. The maximum atomic E-state index is 13.5. The summed E-state index contributed by atoms with van der Waals surface area (Å²) >= 11 is 0. The Bertz CT molecular complexity index is 621. The van der Waals surface area contributed by atoms with Crippen molar-refractivity contribution >= 4 is 7.37 Å². The van der Waals surface area contributed by atoms with E-state index in [1.807, 2.05) is 5.92 Å². The molecule has 0 N–H and O–H groups in total. The summed E-state index contributed by atoms with van der Waals surface area (Å²) < 4.78 is 145. The second-order valence-electron chi connectivity index (χ2n) is 4.90. The molecule has 4 nitrogen and oxygen atoms in total. The Morgan fingerprint density at radius 1 is 1.00 bits per heavy atom. The molecule has 0 aromatic heterocycles. The van der Waals surface area contributed by atoms with Crippen molar-refractivity contribution in [1.82, 2.24) is 9.80 Å². The zero-order chi connectivity index (χ0) is 20.8. The van der Waals surface area contributed by atoms with Crippen molar-refractivity contribution in [1.29, 1.82) is 0 Å². The van der Waals surface area contributed by atoms with Gasteiger partial charge in [0, 0.05) is 19.4 Å². The molecule has 0 saturated heterocycles. The van der Waals surface area contributed by atoms with E-state index in [1.165, 1.54) is 0 Å². The molecule has 0 aliphatic carbocycles. The Kier molecular flexibility index (Phi) is 5.63. The van der Waals surface area contributed by atoms with E-state index in [9.17, 15) is 48.5 Å². The van der Waals surface area contributed by atoms with Crippen LogP contribution in [0.15, 0.2) is 12.4 Å². The predicted octanol–water partition coefficient (Wildman–Crippen LogP) is 4.23. The van der Waals surface area contributed by atoms with Crippen molar-refractivity contribution in [2.45, 2.75) is 30.0 Å². The van der Waals surface area contributed by atoms with Gasteiger partial charge in [-0.1, -0.05) is 5.92 Å². The first-order chi connectivity index (χ1) is 11.4. The molecule has 0 radical (unpaired) electrons. The molecule has 150 valence electrons. The average Bonchev–Trinajstić information content (AvgIpc) is 2.77. The van der Waals surface area contributed by atoms with Crippen LogP contribution in [-0.2, 0) is 9.09 Å². The van der Waals surface area contributed by atoms with E-state index in [0.717, 1.165) is 19.4 Å². The van der Waals surface area contributed by atoms with Gasteiger partial charge < -0.3 is 9.80 Å². The van der Waals surface area contributed by atoms with E-state index in [0.29, 0.717) is 9.80 Å². The minimum atomic E-state index is -8.12. The highest BCUT2D eigenvalue weighted by molar-refractivity contribution is 7.61. The SMILES string of the molecule is C#CCN1C=CN(C)C1OP(=O)(C(F)(F)C(F)(F)F)C(F)(F)C(F)(F)F. The highest BCUT2D eigenvalue weighted by atomic mass is 31.2. The number of halogens is 10. The van der Waals surface area contributed by atoms with Crippen LogP contribution in [0.1, 0.15) is 0 Å². The normalized spacial score (nSPS) is 19.8. The molecule has 1 atom stereocenters. The molecule has 1 aliphatic heterocycles. The molecule has 0 saturated carbocycles. The second kappa shape index (κ2) is 6.53. The third-order valence-corrected chi connectivity index (χ3v) is 5.53. The van der Waals surface area contributed by atoms with Gasteiger partial charge in [-0.3, -0.25) is 9.09 Å². The van der Waals surface area contributed by atoms with Gasteiger partial charge in [-0.05, 0) is 0 Å². The van der Waals surface area contributed by atoms with Crippen LogP contribution in [0.5, 0.6) is 0 Å². The Morgan fingerprint density at radius 3 is 1.77 bits per heavy atom. The third kappa shape index (κ3) is 3.34. The molecule has 0 aromatic carbocycles. The van der Waals surface area contributed by atoms with E-state index in [-0.39, 0.29) is 0 Å². The standard InChI is InChI=1S/C11H9F10N2O2P/c1-3-4-23-6-5-22(2)7(23)25-26(24,10(18,19)8(12,13)14)11(20,21)9(15,16)17/h1,5-7H,4H2,2H3. The minimum absolute atomic E-state index is 0.519. The second-order valence-corrected chi connectivity index (χ2v) is 7.34. The van der Waals surface area contributed by atoms with Crippen LogP contribution in [0.2, 0.25) is 0 Å². The zero-order valence-corrected chi connectivity index (χ0v) is 13.3. The molecule has 1 rings (SSSR count). The van der Waals surface area contributed by atoms with Crippen LogP contribution < -0.4 is 0 Å². The molecule has 1 unspecified atom stereocenters. The molecule has 1 aliphatic rings. The van der Waals surface area contributed by atoms with Gasteiger partial charge >= 0.3 is 31.0 Å². The molecule has 0 bridgehead atoms. The van der Waals surface area contributed by atoms with Crippen molar-refractivity contribution in [3.05, 3.63) is 12.4 Å². The number of alkyl halides is 10. The van der Waals surface area contributed by atoms with Gasteiger partial charge in [-0.2, -0.15) is 43.9 Å². The maximum absolute atomic E-state index is 13.5. The van der Waals surface area contributed by atoms with Crippen molar-refractivity contribution < 1.29 is 53.0 Å². The van der Waals surface area contributed by atoms with E-state index in [2.05, 4.69) is 4.52 Å². The predicted molar refractivity (Wildman–Crippen MR) is 66.9 cm³/mol. The first-order valence-corrected chi connectivity index (χ1v) is 7.83. The molecule has 0 spiro atoms. The largest absolute Gasteiger partial charge is 0.463 e. The quantitative estimate of drug-likeness (QED) is 0.377. The summed E-state index contributed by atoms with van der Waals surface area (Å²) in [6, 6.07) is 0. The van der Waals surface area contributed by atoms with Crippen LogP contribution in [0.25, 0.3) is 0 Å². The van der Waals surface area contributed by atoms with E-state index < -0.39 is 43.9 Å². The lowest BCUT2D eigenvalue weighted by Gasteiger charge is -2.38. The van der Waals surface area contributed by atoms with Crippen molar-refractivity contribution in [2.24, 2.45) is 0 Å². The minimum Gasteiger partial charge on any atom is -0.337 e. The average molecular weight is 422 g/mol. The molecular weight excluding hydrogens is 413 g/mol. The van der Waals surface area contributed by atoms with Crippen LogP contribution in [0, 0.1) is 12.3 Å². The zero-order valence-electron chi connectivity index (χ0n) is 12.5. The molecule has 0 fully saturated rings. The summed E-state index contributed by atoms with van der Waals surface area (Å²) in [4.78, 5) is 1.05. The van der Waals surface area contributed by atoms with Gasteiger partial charge in [0.15, 0.2) is 0 Å². The number of terminal acetylenes is 1. The summed E-state index contributed by atoms with van der Waals surface area (Å²) in [5, 5.41) is 0. The van der Waals surface area contributed by atoms with Crippen LogP contribution in [0.4, 0.5) is 43.9 Å². The highest BCUT2D eigenvalue weighted by Gasteiger charge is 2.85. The van der Waals surface area contributed by atoms with Crippen molar-refractivity contribution in [2.75, 3.05) is 13.6 Å². The summed E-state index contributed by atoms with van der Waals surface area (Å²) in [5.74, 6) is 1.84. The molecule has 0 amide bonds. The Morgan fingerprint density at radius 2 is 1.42 bits per heavy atom. The van der Waals surface area contributed by atoms with Crippen LogP contribution >= 0.6 is 7.37 Å². The van der Waals surface area contributed by atoms with Crippen LogP contribution in [-0.4, -0.2) is 53.4 Å². The summed E-state index contributed by atoms with van der Waals surface area (Å²) in [7, 11) is -7.25. The Hall–Kier alpha value is -1.61. The molecule has 15 heteroatoms. The van der Waals surface area contributed by atoms with Gasteiger partial charge in [-0.25, -0.2) is 0 Å². The summed E-state index contributed by atoms with van der Waals surface area (Å²) in [5.41, 5.74) is -14.0. The van der Waals surface area contributed by atoms with Crippen molar-refractivity contribution in [3.63, 3.8) is 0 Å². The fourth-order valence-electron chi connectivity index (χ4n) is 1.72. The van der Waals surface area contributed by atoms with E-state index in [4.69, 9.17) is 6.42 Å². The molecule has 26 heavy (non-hydrogen) atoms. The maximum Gasteiger partial charge on any atom is 0.463 e. The van der Waals surface area contributed by atoms with E-state index in [1.54, 1.807) is 0 Å². The third-order valence-electron chi connectivity index (χ3n) is 3.06. The number of hydrogen-bond donors (Lipinski definition) is 0.